The Hall–Kier alpha value is -2.54. The Morgan fingerprint density at radius 2 is 1.43 bits per heavy atom. The Balaban J connectivity index is 1.77. The molecule has 2 aromatic rings. The molecule has 1 fully saturated rings. The van der Waals surface area contributed by atoms with Crippen LogP contribution in [0.25, 0.3) is 0 Å². The average molecular weight is 427 g/mol. The maximum atomic E-state index is 12.6. The van der Waals surface area contributed by atoms with Crippen LogP contribution >= 0.6 is 0 Å². The molecule has 0 saturated carbocycles. The lowest BCUT2D eigenvalue weighted by Gasteiger charge is -2.26. The van der Waals surface area contributed by atoms with Crippen LogP contribution in [-0.4, -0.2) is 52.4 Å². The van der Waals surface area contributed by atoms with Crippen LogP contribution in [0, 0.1) is 10.1 Å². The van der Waals surface area contributed by atoms with E-state index in [0.717, 1.165) is 24.3 Å². The van der Waals surface area contributed by atoms with Crippen molar-refractivity contribution in [3.8, 4) is 0 Å². The summed E-state index contributed by atoms with van der Waals surface area (Å²) in [6, 6.07) is 9.75. The van der Waals surface area contributed by atoms with Gasteiger partial charge in [-0.15, -0.1) is 0 Å². The highest BCUT2D eigenvalue weighted by Crippen LogP contribution is 2.22. The van der Waals surface area contributed by atoms with E-state index in [0.29, 0.717) is 13.2 Å². The summed E-state index contributed by atoms with van der Waals surface area (Å²) >= 11 is 0. The molecule has 1 aliphatic rings. The van der Waals surface area contributed by atoms with E-state index in [-0.39, 0.29) is 34.3 Å². The number of anilines is 1. The smallest absolute Gasteiger partial charge is 0.269 e. The number of nitro groups is 1. The average Bonchev–Trinajstić information content (AvgIpc) is 2.69. The molecule has 2 aromatic carbocycles. The predicted molar refractivity (Wildman–Crippen MR) is 99.9 cm³/mol. The zero-order valence-electron chi connectivity index (χ0n) is 14.5. The first-order chi connectivity index (χ1) is 13.2. The van der Waals surface area contributed by atoms with Gasteiger partial charge >= 0.3 is 0 Å². The fraction of sp³-hybridized carbons (Fsp3) is 0.250. The first kappa shape index (κ1) is 20.2. The van der Waals surface area contributed by atoms with Gasteiger partial charge < -0.3 is 4.74 Å². The number of ether oxygens (including phenoxy) is 1. The molecular weight excluding hydrogens is 410 g/mol. The fourth-order valence-corrected chi connectivity index (χ4v) is 5.06. The van der Waals surface area contributed by atoms with E-state index in [4.69, 9.17) is 4.74 Å². The third-order valence-corrected chi connectivity index (χ3v) is 7.38. The Labute approximate surface area is 162 Å². The van der Waals surface area contributed by atoms with Crippen LogP contribution in [-0.2, 0) is 24.8 Å². The van der Waals surface area contributed by atoms with E-state index in [9.17, 15) is 26.9 Å². The number of nitro benzene ring substituents is 1. The molecule has 28 heavy (non-hydrogen) atoms. The fourth-order valence-electron chi connectivity index (χ4n) is 2.59. The molecule has 1 heterocycles. The number of nitrogens with zero attached hydrogens (tertiary/aromatic N) is 2. The highest BCUT2D eigenvalue weighted by Gasteiger charge is 2.26. The molecule has 1 saturated heterocycles. The molecule has 0 aromatic heterocycles. The number of hydrogen-bond donors (Lipinski definition) is 1. The summed E-state index contributed by atoms with van der Waals surface area (Å²) in [5, 5.41) is 10.7. The SMILES string of the molecule is O=[N+]([O-])c1ccc(S(=O)(=O)Nc2ccc(S(=O)(=O)N3CCOCC3)cc2)cc1. The summed E-state index contributed by atoms with van der Waals surface area (Å²) in [6.07, 6.45) is 0. The van der Waals surface area contributed by atoms with Gasteiger partial charge in [0, 0.05) is 30.9 Å². The molecule has 0 radical (unpaired) electrons. The second kappa shape index (κ2) is 7.83. The molecular formula is C16H17N3O7S2. The normalized spacial score (nSPS) is 15.9. The molecule has 3 rings (SSSR count). The lowest BCUT2D eigenvalue weighted by atomic mass is 10.3. The van der Waals surface area contributed by atoms with Crippen molar-refractivity contribution < 1.29 is 26.5 Å². The van der Waals surface area contributed by atoms with Gasteiger partial charge in [-0.3, -0.25) is 14.8 Å². The van der Waals surface area contributed by atoms with Gasteiger partial charge in [0.05, 0.1) is 27.9 Å². The van der Waals surface area contributed by atoms with E-state index < -0.39 is 25.0 Å². The van der Waals surface area contributed by atoms with Gasteiger partial charge in [0.15, 0.2) is 0 Å². The molecule has 10 nitrogen and oxygen atoms in total. The third-order valence-electron chi connectivity index (χ3n) is 4.07. The minimum Gasteiger partial charge on any atom is -0.379 e. The van der Waals surface area contributed by atoms with E-state index in [1.807, 2.05) is 0 Å². The Kier molecular flexibility index (Phi) is 5.65. The number of hydrogen-bond acceptors (Lipinski definition) is 7. The lowest BCUT2D eigenvalue weighted by Crippen LogP contribution is -2.40. The molecule has 0 atom stereocenters. The second-order valence-corrected chi connectivity index (χ2v) is 9.52. The monoisotopic (exact) mass is 427 g/mol. The van der Waals surface area contributed by atoms with Gasteiger partial charge in [-0.05, 0) is 36.4 Å². The van der Waals surface area contributed by atoms with Gasteiger partial charge in [0.25, 0.3) is 15.7 Å². The van der Waals surface area contributed by atoms with Crippen molar-refractivity contribution >= 4 is 31.4 Å². The molecule has 12 heteroatoms. The van der Waals surface area contributed by atoms with Crippen molar-refractivity contribution in [1.29, 1.82) is 0 Å². The Morgan fingerprint density at radius 3 is 1.96 bits per heavy atom. The summed E-state index contributed by atoms with van der Waals surface area (Å²) in [5.41, 5.74) is -0.0593. The highest BCUT2D eigenvalue weighted by atomic mass is 32.2. The summed E-state index contributed by atoms with van der Waals surface area (Å²) in [5.74, 6) is 0. The Bertz CT molecular complexity index is 1060. The zero-order chi connectivity index (χ0) is 20.4. The summed E-state index contributed by atoms with van der Waals surface area (Å²) in [6.45, 7) is 1.17. The third kappa shape index (κ3) is 4.30. The maximum absolute atomic E-state index is 12.6. The number of sulfonamides is 2. The summed E-state index contributed by atoms with van der Waals surface area (Å²) < 4.78 is 58.7. The largest absolute Gasteiger partial charge is 0.379 e. The van der Waals surface area contributed by atoms with Crippen molar-refractivity contribution in [1.82, 2.24) is 4.31 Å². The summed E-state index contributed by atoms with van der Waals surface area (Å²) in [4.78, 5) is 9.93. The molecule has 0 aliphatic carbocycles. The molecule has 150 valence electrons. The van der Waals surface area contributed by atoms with Crippen LogP contribution < -0.4 is 4.72 Å². The van der Waals surface area contributed by atoms with E-state index in [2.05, 4.69) is 4.72 Å². The van der Waals surface area contributed by atoms with Crippen molar-refractivity contribution in [2.75, 3.05) is 31.0 Å². The quantitative estimate of drug-likeness (QED) is 0.544. The van der Waals surface area contributed by atoms with Gasteiger partial charge in [-0.1, -0.05) is 0 Å². The first-order valence-corrected chi connectivity index (χ1v) is 11.1. The number of rotatable bonds is 6. The minimum atomic E-state index is -3.97. The number of non-ortho nitro benzene ring substituents is 1. The molecule has 0 bridgehead atoms. The summed E-state index contributed by atoms with van der Waals surface area (Å²) in [7, 11) is -7.65. The van der Waals surface area contributed by atoms with Crippen LogP contribution in [0.2, 0.25) is 0 Å². The molecule has 1 N–H and O–H groups in total. The van der Waals surface area contributed by atoms with Crippen molar-refractivity contribution in [2.24, 2.45) is 0 Å². The van der Waals surface area contributed by atoms with Crippen LogP contribution in [0.5, 0.6) is 0 Å². The van der Waals surface area contributed by atoms with Crippen LogP contribution in [0.15, 0.2) is 58.3 Å². The van der Waals surface area contributed by atoms with Crippen molar-refractivity contribution in [2.45, 2.75) is 9.79 Å². The number of morpholine rings is 1. The molecule has 0 unspecified atom stereocenters. The molecule has 0 spiro atoms. The standard InChI is InChI=1S/C16H17N3O7S2/c20-19(21)14-3-7-15(8-4-14)27(22,23)17-13-1-5-16(6-2-13)28(24,25)18-9-11-26-12-10-18/h1-8,17H,9-12H2. The van der Waals surface area contributed by atoms with Gasteiger partial charge in [-0.25, -0.2) is 16.8 Å². The number of nitrogens with one attached hydrogen (secondary N) is 1. The van der Waals surface area contributed by atoms with Crippen LogP contribution in [0.4, 0.5) is 11.4 Å². The maximum Gasteiger partial charge on any atom is 0.269 e. The Morgan fingerprint density at radius 1 is 0.893 bits per heavy atom. The number of benzene rings is 2. The van der Waals surface area contributed by atoms with Gasteiger partial charge in [0.1, 0.15) is 0 Å². The van der Waals surface area contributed by atoms with Crippen LogP contribution in [0.1, 0.15) is 0 Å². The topological polar surface area (TPSA) is 136 Å². The first-order valence-electron chi connectivity index (χ1n) is 8.15. The van der Waals surface area contributed by atoms with Gasteiger partial charge in [-0.2, -0.15) is 4.31 Å². The molecule has 0 amide bonds. The van der Waals surface area contributed by atoms with Crippen molar-refractivity contribution in [3.63, 3.8) is 0 Å². The van der Waals surface area contributed by atoms with E-state index in [1.165, 1.54) is 28.6 Å². The minimum absolute atomic E-state index is 0.0488. The van der Waals surface area contributed by atoms with E-state index in [1.54, 1.807) is 0 Å². The molecule has 1 aliphatic heterocycles. The van der Waals surface area contributed by atoms with Crippen molar-refractivity contribution in [3.05, 3.63) is 58.6 Å². The van der Waals surface area contributed by atoms with E-state index >= 15 is 0 Å². The lowest BCUT2D eigenvalue weighted by molar-refractivity contribution is -0.384. The predicted octanol–water partition coefficient (Wildman–Crippen LogP) is 1.42. The highest BCUT2D eigenvalue weighted by molar-refractivity contribution is 7.92. The zero-order valence-corrected chi connectivity index (χ0v) is 16.1. The van der Waals surface area contributed by atoms with Gasteiger partial charge in [0.2, 0.25) is 10.0 Å². The second-order valence-electron chi connectivity index (χ2n) is 5.90. The van der Waals surface area contributed by atoms with Crippen LogP contribution in [0.3, 0.4) is 0 Å².